The summed E-state index contributed by atoms with van der Waals surface area (Å²) in [7, 11) is 3.65. The third kappa shape index (κ3) is 3.82. The summed E-state index contributed by atoms with van der Waals surface area (Å²) < 4.78 is 0. The first-order valence-corrected chi connectivity index (χ1v) is 7.86. The van der Waals surface area contributed by atoms with E-state index in [0.29, 0.717) is 12.1 Å². The molecule has 0 aromatic carbocycles. The second kappa shape index (κ2) is 6.72. The van der Waals surface area contributed by atoms with Gasteiger partial charge in [-0.1, -0.05) is 19.9 Å². The van der Waals surface area contributed by atoms with Crippen molar-refractivity contribution in [3.05, 3.63) is 45.8 Å². The van der Waals surface area contributed by atoms with E-state index in [1.54, 1.807) is 22.3 Å². The van der Waals surface area contributed by atoms with E-state index in [4.69, 9.17) is 0 Å². The number of pyridine rings is 1. The topological polar surface area (TPSA) is 45.2 Å². The molecule has 4 nitrogen and oxygen atoms in total. The van der Waals surface area contributed by atoms with Crippen LogP contribution < -0.4 is 5.32 Å². The normalized spacial score (nSPS) is 10.7. The van der Waals surface area contributed by atoms with Gasteiger partial charge in [0.05, 0.1) is 6.54 Å². The maximum Gasteiger partial charge on any atom is 0.254 e. The molecule has 0 atom stereocenters. The van der Waals surface area contributed by atoms with Crippen LogP contribution in [-0.4, -0.2) is 29.9 Å². The van der Waals surface area contributed by atoms with Gasteiger partial charge in [-0.2, -0.15) is 0 Å². The van der Waals surface area contributed by atoms with E-state index in [1.807, 2.05) is 37.7 Å². The fourth-order valence-electron chi connectivity index (χ4n) is 2.03. The van der Waals surface area contributed by atoms with Crippen LogP contribution in [0.3, 0.4) is 0 Å². The second-order valence-corrected chi connectivity index (χ2v) is 6.34. The zero-order chi connectivity index (χ0) is 15.4. The SMILES string of the molecule is CNc1cc(C(=O)N(C)Cc2cccs2)cc(C(C)C)n1. The highest BCUT2D eigenvalue weighted by Crippen LogP contribution is 2.19. The molecule has 21 heavy (non-hydrogen) atoms. The Morgan fingerprint density at radius 2 is 2.19 bits per heavy atom. The molecule has 0 radical (unpaired) electrons. The van der Waals surface area contributed by atoms with Gasteiger partial charge < -0.3 is 10.2 Å². The number of nitrogens with zero attached hydrogens (tertiary/aromatic N) is 2. The largest absolute Gasteiger partial charge is 0.373 e. The quantitative estimate of drug-likeness (QED) is 0.918. The number of hydrogen-bond donors (Lipinski definition) is 1. The summed E-state index contributed by atoms with van der Waals surface area (Å²) in [5.41, 5.74) is 1.60. The van der Waals surface area contributed by atoms with E-state index in [-0.39, 0.29) is 11.8 Å². The molecular weight excluding hydrogens is 282 g/mol. The second-order valence-electron chi connectivity index (χ2n) is 5.31. The molecule has 1 amide bonds. The average Bonchev–Trinajstić information content (AvgIpc) is 2.98. The molecule has 0 fully saturated rings. The number of aromatic nitrogens is 1. The van der Waals surface area contributed by atoms with Crippen molar-refractivity contribution in [3.8, 4) is 0 Å². The Morgan fingerprint density at radius 3 is 2.76 bits per heavy atom. The van der Waals surface area contributed by atoms with E-state index < -0.39 is 0 Å². The van der Waals surface area contributed by atoms with Gasteiger partial charge in [0, 0.05) is 30.2 Å². The number of carbonyl (C=O) groups is 1. The van der Waals surface area contributed by atoms with Gasteiger partial charge in [0.1, 0.15) is 5.82 Å². The fourth-order valence-corrected chi connectivity index (χ4v) is 2.78. The van der Waals surface area contributed by atoms with Gasteiger partial charge in [0.25, 0.3) is 5.91 Å². The molecule has 0 aliphatic carbocycles. The Balaban J connectivity index is 2.23. The van der Waals surface area contributed by atoms with Crippen LogP contribution in [0.15, 0.2) is 29.6 Å². The zero-order valence-electron chi connectivity index (χ0n) is 12.9. The van der Waals surface area contributed by atoms with Crippen molar-refractivity contribution in [2.75, 3.05) is 19.4 Å². The smallest absolute Gasteiger partial charge is 0.254 e. The number of nitrogens with one attached hydrogen (secondary N) is 1. The lowest BCUT2D eigenvalue weighted by Gasteiger charge is -2.18. The van der Waals surface area contributed by atoms with E-state index in [1.165, 1.54) is 4.88 Å². The van der Waals surface area contributed by atoms with Gasteiger partial charge in [-0.25, -0.2) is 4.98 Å². The lowest BCUT2D eigenvalue weighted by atomic mass is 10.1. The number of carbonyl (C=O) groups excluding carboxylic acids is 1. The molecule has 0 aliphatic rings. The van der Waals surface area contributed by atoms with Gasteiger partial charge in [0.15, 0.2) is 0 Å². The first-order chi connectivity index (χ1) is 10.0. The molecule has 0 spiro atoms. The molecule has 0 saturated carbocycles. The van der Waals surface area contributed by atoms with Crippen molar-refractivity contribution in [1.82, 2.24) is 9.88 Å². The third-order valence-corrected chi connectivity index (χ3v) is 4.12. The Labute approximate surface area is 129 Å². The van der Waals surface area contributed by atoms with Crippen molar-refractivity contribution in [2.24, 2.45) is 0 Å². The van der Waals surface area contributed by atoms with Crippen molar-refractivity contribution in [2.45, 2.75) is 26.3 Å². The number of thiophene rings is 1. The number of rotatable bonds is 5. The van der Waals surface area contributed by atoms with Crippen LogP contribution in [0.4, 0.5) is 5.82 Å². The zero-order valence-corrected chi connectivity index (χ0v) is 13.7. The number of anilines is 1. The van der Waals surface area contributed by atoms with Gasteiger partial charge in [-0.3, -0.25) is 4.79 Å². The van der Waals surface area contributed by atoms with Crippen molar-refractivity contribution < 1.29 is 4.79 Å². The van der Waals surface area contributed by atoms with Crippen molar-refractivity contribution in [3.63, 3.8) is 0 Å². The van der Waals surface area contributed by atoms with Gasteiger partial charge in [-0.05, 0) is 29.5 Å². The fraction of sp³-hybridized carbons (Fsp3) is 0.375. The molecule has 1 N–H and O–H groups in total. The molecule has 2 rings (SSSR count). The van der Waals surface area contributed by atoms with E-state index in [9.17, 15) is 4.79 Å². The van der Waals surface area contributed by atoms with E-state index >= 15 is 0 Å². The highest BCUT2D eigenvalue weighted by molar-refractivity contribution is 7.09. The summed E-state index contributed by atoms with van der Waals surface area (Å²) in [4.78, 5) is 20.0. The van der Waals surface area contributed by atoms with Gasteiger partial charge in [-0.15, -0.1) is 11.3 Å². The first kappa shape index (κ1) is 15.5. The lowest BCUT2D eigenvalue weighted by Crippen LogP contribution is -2.26. The summed E-state index contributed by atoms with van der Waals surface area (Å²) in [5, 5.41) is 5.05. The minimum Gasteiger partial charge on any atom is -0.373 e. The molecule has 0 bridgehead atoms. The maximum atomic E-state index is 12.6. The van der Waals surface area contributed by atoms with Crippen molar-refractivity contribution in [1.29, 1.82) is 0 Å². The minimum atomic E-state index is 0.0178. The Bertz CT molecular complexity index is 608. The van der Waals surface area contributed by atoms with Gasteiger partial charge in [0.2, 0.25) is 0 Å². The molecular formula is C16H21N3OS. The minimum absolute atomic E-state index is 0.0178. The number of amides is 1. The van der Waals surface area contributed by atoms with Crippen LogP contribution >= 0.6 is 11.3 Å². The van der Waals surface area contributed by atoms with Crippen LogP contribution in [-0.2, 0) is 6.54 Å². The van der Waals surface area contributed by atoms with Crippen LogP contribution in [0.5, 0.6) is 0 Å². The average molecular weight is 303 g/mol. The third-order valence-electron chi connectivity index (χ3n) is 3.26. The van der Waals surface area contributed by atoms with Crippen LogP contribution in [0.25, 0.3) is 0 Å². The van der Waals surface area contributed by atoms with Crippen LogP contribution in [0, 0.1) is 0 Å². The Hall–Kier alpha value is -1.88. The summed E-state index contributed by atoms with van der Waals surface area (Å²) in [6.07, 6.45) is 0. The first-order valence-electron chi connectivity index (χ1n) is 6.99. The maximum absolute atomic E-state index is 12.6. The van der Waals surface area contributed by atoms with E-state index in [2.05, 4.69) is 24.1 Å². The predicted octanol–water partition coefficient (Wildman–Crippen LogP) is 3.58. The molecule has 2 aromatic heterocycles. The van der Waals surface area contributed by atoms with Crippen LogP contribution in [0.1, 0.15) is 40.7 Å². The Kier molecular flexibility index (Phi) is 4.96. The molecule has 112 valence electrons. The summed E-state index contributed by atoms with van der Waals surface area (Å²) in [6, 6.07) is 7.73. The molecule has 0 aliphatic heterocycles. The van der Waals surface area contributed by atoms with Gasteiger partial charge >= 0.3 is 0 Å². The highest BCUT2D eigenvalue weighted by atomic mass is 32.1. The molecule has 2 heterocycles. The summed E-state index contributed by atoms with van der Waals surface area (Å²) in [5.74, 6) is 1.03. The molecule has 0 saturated heterocycles. The van der Waals surface area contributed by atoms with Crippen molar-refractivity contribution >= 4 is 23.1 Å². The van der Waals surface area contributed by atoms with Crippen LogP contribution in [0.2, 0.25) is 0 Å². The predicted molar refractivity (Wildman–Crippen MR) is 88.0 cm³/mol. The van der Waals surface area contributed by atoms with E-state index in [0.717, 1.165) is 11.5 Å². The molecule has 5 heteroatoms. The molecule has 2 aromatic rings. The standard InChI is InChI=1S/C16H21N3OS/c1-11(2)14-8-12(9-15(17-3)18-14)16(20)19(4)10-13-6-5-7-21-13/h5-9,11H,10H2,1-4H3,(H,17,18). The lowest BCUT2D eigenvalue weighted by molar-refractivity contribution is 0.0786. The molecule has 0 unspecified atom stereocenters. The highest BCUT2D eigenvalue weighted by Gasteiger charge is 2.15. The summed E-state index contributed by atoms with van der Waals surface area (Å²) >= 11 is 1.66. The monoisotopic (exact) mass is 303 g/mol. The number of hydrogen-bond acceptors (Lipinski definition) is 4. The summed E-state index contributed by atoms with van der Waals surface area (Å²) in [6.45, 7) is 4.78. The Morgan fingerprint density at radius 1 is 1.43 bits per heavy atom.